The number of amides is 1. The van der Waals surface area contributed by atoms with Gasteiger partial charge in [-0.3, -0.25) is 9.69 Å². The van der Waals surface area contributed by atoms with Crippen LogP contribution in [0.4, 0.5) is 8.78 Å². The number of nitrogens with zero attached hydrogens (tertiary/aromatic N) is 2. The number of hydrogen-bond donors (Lipinski definition) is 0. The zero-order chi connectivity index (χ0) is 10.9. The molecule has 0 aromatic heterocycles. The summed E-state index contributed by atoms with van der Waals surface area (Å²) >= 11 is 0. The molecular weight excluding hydrogens is 202 g/mol. The maximum Gasteiger partial charge on any atom is 0.261 e. The number of rotatable bonds is 2. The Kier molecular flexibility index (Phi) is 2.91. The Balaban J connectivity index is 1.84. The minimum Gasteiger partial charge on any atom is -0.345 e. The van der Waals surface area contributed by atoms with Crippen molar-refractivity contribution in [3.63, 3.8) is 0 Å². The van der Waals surface area contributed by atoms with Gasteiger partial charge in [0.15, 0.2) is 0 Å². The summed E-state index contributed by atoms with van der Waals surface area (Å²) in [5.41, 5.74) is 0. The summed E-state index contributed by atoms with van der Waals surface area (Å²) in [4.78, 5) is 14.1. The normalized spacial score (nSPS) is 28.3. The molecule has 0 spiro atoms. The van der Waals surface area contributed by atoms with E-state index in [0.29, 0.717) is 19.6 Å². The molecule has 5 heteroatoms. The van der Waals surface area contributed by atoms with Gasteiger partial charge in [-0.1, -0.05) is 0 Å². The Labute approximate surface area is 88.0 Å². The smallest absolute Gasteiger partial charge is 0.261 e. The zero-order valence-electron chi connectivity index (χ0n) is 8.66. The fourth-order valence-corrected chi connectivity index (χ4v) is 2.43. The van der Waals surface area contributed by atoms with Crippen LogP contribution in [0.2, 0.25) is 0 Å². The number of halogens is 2. The highest BCUT2D eigenvalue weighted by atomic mass is 19.3. The monoisotopic (exact) mass is 218 g/mol. The van der Waals surface area contributed by atoms with Crippen molar-refractivity contribution >= 4 is 6.41 Å². The van der Waals surface area contributed by atoms with Crippen LogP contribution in [0.5, 0.6) is 0 Å². The van der Waals surface area contributed by atoms with Gasteiger partial charge in [0.05, 0.1) is 6.54 Å². The first-order valence-electron chi connectivity index (χ1n) is 5.42. The molecule has 3 nitrogen and oxygen atoms in total. The molecule has 0 N–H and O–H groups in total. The molecule has 2 rings (SSSR count). The lowest BCUT2D eigenvalue weighted by atomic mass is 10.0. The summed E-state index contributed by atoms with van der Waals surface area (Å²) in [6.45, 7) is 1.81. The van der Waals surface area contributed by atoms with E-state index in [1.54, 1.807) is 4.90 Å². The largest absolute Gasteiger partial charge is 0.345 e. The third kappa shape index (κ3) is 2.45. The van der Waals surface area contributed by atoms with Gasteiger partial charge in [0, 0.05) is 32.1 Å². The van der Waals surface area contributed by atoms with Crippen LogP contribution in [0.1, 0.15) is 19.3 Å². The Morgan fingerprint density at radius 3 is 2.33 bits per heavy atom. The van der Waals surface area contributed by atoms with Gasteiger partial charge in [-0.2, -0.15) is 0 Å². The summed E-state index contributed by atoms with van der Waals surface area (Å²) < 4.78 is 26.0. The van der Waals surface area contributed by atoms with E-state index < -0.39 is 5.92 Å². The molecule has 1 amide bonds. The molecule has 15 heavy (non-hydrogen) atoms. The Hall–Kier alpha value is -0.710. The van der Waals surface area contributed by atoms with E-state index in [0.717, 1.165) is 19.3 Å². The second kappa shape index (κ2) is 4.04. The van der Waals surface area contributed by atoms with Crippen LogP contribution in [0.3, 0.4) is 0 Å². The lowest BCUT2D eigenvalue weighted by Gasteiger charge is -2.34. The number of carbonyl (C=O) groups is 1. The Morgan fingerprint density at radius 2 is 1.87 bits per heavy atom. The van der Waals surface area contributed by atoms with Crippen LogP contribution >= 0.6 is 0 Å². The molecule has 0 aromatic rings. The van der Waals surface area contributed by atoms with Gasteiger partial charge in [-0.25, -0.2) is 8.78 Å². The van der Waals surface area contributed by atoms with Crippen molar-refractivity contribution in [2.45, 2.75) is 31.2 Å². The molecular formula is C10H16F2N2O. The molecule has 0 aromatic carbocycles. The third-order valence-electron chi connectivity index (χ3n) is 3.36. The predicted octanol–water partition coefficient (Wildman–Crippen LogP) is 0.948. The van der Waals surface area contributed by atoms with Crippen molar-refractivity contribution in [1.29, 1.82) is 0 Å². The summed E-state index contributed by atoms with van der Waals surface area (Å²) in [5.74, 6) is -2.50. The van der Waals surface area contributed by atoms with Crippen LogP contribution in [0.25, 0.3) is 0 Å². The van der Waals surface area contributed by atoms with Crippen molar-refractivity contribution < 1.29 is 13.6 Å². The van der Waals surface area contributed by atoms with E-state index >= 15 is 0 Å². The van der Waals surface area contributed by atoms with Crippen LogP contribution in [-0.4, -0.2) is 54.4 Å². The SMILES string of the molecule is O=CN1CCC(N2CCC(F)(F)C2)CC1. The lowest BCUT2D eigenvalue weighted by Crippen LogP contribution is -2.44. The molecule has 2 heterocycles. The molecule has 0 radical (unpaired) electrons. The summed E-state index contributed by atoms with van der Waals surface area (Å²) in [6, 6.07) is 0.245. The van der Waals surface area contributed by atoms with Gasteiger partial charge < -0.3 is 4.90 Å². The van der Waals surface area contributed by atoms with Crippen LogP contribution in [0, 0.1) is 0 Å². The summed E-state index contributed by atoms with van der Waals surface area (Å²) in [5, 5.41) is 0. The van der Waals surface area contributed by atoms with E-state index in [1.165, 1.54) is 0 Å². The minimum absolute atomic E-state index is 0.0130. The number of carbonyl (C=O) groups excluding carboxylic acids is 1. The van der Waals surface area contributed by atoms with Gasteiger partial charge in [0.1, 0.15) is 0 Å². The number of alkyl halides is 2. The van der Waals surface area contributed by atoms with E-state index in [9.17, 15) is 13.6 Å². The predicted molar refractivity (Wildman–Crippen MR) is 51.8 cm³/mol. The minimum atomic E-state index is -2.50. The first-order valence-corrected chi connectivity index (χ1v) is 5.42. The second-order valence-corrected chi connectivity index (χ2v) is 4.45. The Bertz CT molecular complexity index is 240. The van der Waals surface area contributed by atoms with E-state index in [2.05, 4.69) is 0 Å². The van der Waals surface area contributed by atoms with Crippen molar-refractivity contribution in [3.8, 4) is 0 Å². The highest BCUT2D eigenvalue weighted by molar-refractivity contribution is 5.47. The average Bonchev–Trinajstić information content (AvgIpc) is 2.59. The number of likely N-dealkylation sites (tertiary alicyclic amines) is 2. The second-order valence-electron chi connectivity index (χ2n) is 4.45. The fraction of sp³-hybridized carbons (Fsp3) is 0.900. The topological polar surface area (TPSA) is 23.6 Å². The zero-order valence-corrected chi connectivity index (χ0v) is 8.66. The summed E-state index contributed by atoms with van der Waals surface area (Å²) in [6.07, 6.45) is 2.49. The van der Waals surface area contributed by atoms with Gasteiger partial charge >= 0.3 is 0 Å². The van der Waals surface area contributed by atoms with E-state index in [-0.39, 0.29) is 19.0 Å². The number of hydrogen-bond acceptors (Lipinski definition) is 2. The molecule has 0 bridgehead atoms. The first-order chi connectivity index (χ1) is 7.11. The van der Waals surface area contributed by atoms with Gasteiger partial charge in [0.2, 0.25) is 6.41 Å². The summed E-state index contributed by atoms with van der Waals surface area (Å²) in [7, 11) is 0. The van der Waals surface area contributed by atoms with E-state index in [1.807, 2.05) is 4.90 Å². The fourth-order valence-electron chi connectivity index (χ4n) is 2.43. The lowest BCUT2D eigenvalue weighted by molar-refractivity contribution is -0.119. The molecule has 2 aliphatic heterocycles. The molecule has 2 aliphatic rings. The van der Waals surface area contributed by atoms with Crippen molar-refractivity contribution in [2.75, 3.05) is 26.2 Å². The highest BCUT2D eigenvalue weighted by Crippen LogP contribution is 2.30. The molecule has 0 saturated carbocycles. The molecule has 2 saturated heterocycles. The standard InChI is InChI=1S/C10H16F2N2O/c11-10(12)3-6-14(7-10)9-1-4-13(8-15)5-2-9/h8-9H,1-7H2. The molecule has 0 atom stereocenters. The van der Waals surface area contributed by atoms with Crippen molar-refractivity contribution in [2.24, 2.45) is 0 Å². The van der Waals surface area contributed by atoms with Gasteiger partial charge in [-0.15, -0.1) is 0 Å². The van der Waals surface area contributed by atoms with Crippen LogP contribution < -0.4 is 0 Å². The molecule has 0 aliphatic carbocycles. The van der Waals surface area contributed by atoms with Crippen LogP contribution in [0.15, 0.2) is 0 Å². The third-order valence-corrected chi connectivity index (χ3v) is 3.36. The first kappa shape index (κ1) is 10.8. The maximum atomic E-state index is 13.0. The molecule has 2 fully saturated rings. The van der Waals surface area contributed by atoms with Crippen LogP contribution in [-0.2, 0) is 4.79 Å². The van der Waals surface area contributed by atoms with Crippen molar-refractivity contribution in [1.82, 2.24) is 9.80 Å². The molecule has 86 valence electrons. The highest BCUT2D eigenvalue weighted by Gasteiger charge is 2.41. The number of piperidine rings is 1. The van der Waals surface area contributed by atoms with E-state index in [4.69, 9.17) is 0 Å². The van der Waals surface area contributed by atoms with Gasteiger partial charge in [0.25, 0.3) is 5.92 Å². The quantitative estimate of drug-likeness (QED) is 0.644. The maximum absolute atomic E-state index is 13.0. The Morgan fingerprint density at radius 1 is 1.20 bits per heavy atom. The molecule has 0 unspecified atom stereocenters. The average molecular weight is 218 g/mol. The van der Waals surface area contributed by atoms with Gasteiger partial charge in [-0.05, 0) is 12.8 Å². The van der Waals surface area contributed by atoms with Crippen molar-refractivity contribution in [3.05, 3.63) is 0 Å².